The number of aryl methyl sites for hydroxylation is 1. The second-order valence-electron chi connectivity index (χ2n) is 29.7. The van der Waals surface area contributed by atoms with Crippen LogP contribution in [0.3, 0.4) is 0 Å². The summed E-state index contributed by atoms with van der Waals surface area (Å²) in [4.78, 5) is 132. The molecule has 1 unspecified atom stereocenters. The molecule has 21 N–H and O–H groups in total. The summed E-state index contributed by atoms with van der Waals surface area (Å²) in [5.41, 5.74) is 8.41. The van der Waals surface area contributed by atoms with Gasteiger partial charge in [-0.2, -0.15) is 0 Å². The van der Waals surface area contributed by atoms with Crippen LogP contribution in [0.4, 0.5) is 4.79 Å². The normalized spacial score (nSPS) is 27.8. The van der Waals surface area contributed by atoms with Crippen molar-refractivity contribution in [3.8, 4) is 57.1 Å². The van der Waals surface area contributed by atoms with Crippen molar-refractivity contribution in [2.45, 2.75) is 222 Å². The third kappa shape index (κ3) is 19.8. The molecule has 7 aliphatic rings. The van der Waals surface area contributed by atoms with Crippen molar-refractivity contribution in [3.63, 3.8) is 0 Å². The summed E-state index contributed by atoms with van der Waals surface area (Å²) in [6.07, 6.45) is -14.2. The van der Waals surface area contributed by atoms with Crippen LogP contribution < -0.4 is 72.9 Å². The molecule has 36 heteroatoms. The first-order valence-corrected chi connectivity index (χ1v) is 37.4. The Hall–Kier alpha value is -10.0. The van der Waals surface area contributed by atoms with Crippen molar-refractivity contribution >= 4 is 65.0 Å². The van der Waals surface area contributed by atoms with E-state index in [4.69, 9.17) is 56.2 Å². The molecular weight excluding hydrogens is 1500 g/mol. The number of nitrogens with two attached hydrogens (primary N) is 2. The monoisotopic (exact) mass is 1600 g/mol. The summed E-state index contributed by atoms with van der Waals surface area (Å²) in [6, 6.07) is -0.181. The summed E-state index contributed by atoms with van der Waals surface area (Å²) in [7, 11) is 1.49. The van der Waals surface area contributed by atoms with Crippen molar-refractivity contribution in [3.05, 3.63) is 117 Å². The van der Waals surface area contributed by atoms with Gasteiger partial charge in [0.05, 0.1) is 36.3 Å². The average Bonchev–Trinajstić information content (AvgIpc) is 0.765. The number of carbonyl (C=O) groups excluding carboxylic acids is 8. The van der Waals surface area contributed by atoms with E-state index in [0.29, 0.717) is 6.42 Å². The third-order valence-corrected chi connectivity index (χ3v) is 20.6. The Morgan fingerprint density at radius 3 is 2.01 bits per heavy atom. The highest BCUT2D eigenvalue weighted by Crippen LogP contribution is 2.50. The first-order chi connectivity index (χ1) is 53.5. The van der Waals surface area contributed by atoms with Crippen LogP contribution >= 0.6 is 11.6 Å². The SMILES string of the molecule is CCCCCCCC(C)NC(=O)Oc1cc(O)c2c(c1)[C@@H](C(=O)O)NC(=O)[C@H]1NC(=O)[C@H](NC(=O)[C@@H]3NC(=O)[C@H](CC(N)=O)NC(=O)[C@H](NC(=O)[C@@H](CC(C)C)NC)[C@H](O)c4ccc(c(C)c4)Oc4cc3cc(c4O[C@@H]3O[C@H](CO)[C@@H](O)[C@H](O)[C@H]3O[C@H]3C[C@](C)(N)[C@H](O)[C@H](C)O3)Oc3ccc(cc3Cl)[C@H]1O)c1ccc(O)c-2c1. The number of hydrogen-bond acceptors (Lipinski definition) is 26. The molecule has 7 aliphatic heterocycles. The summed E-state index contributed by atoms with van der Waals surface area (Å²) < 4.78 is 44.4. The van der Waals surface area contributed by atoms with Crippen LogP contribution in [0.2, 0.25) is 5.02 Å². The quantitative estimate of drug-likeness (QED) is 0.0470. The number of carboxylic acids is 1. The zero-order chi connectivity index (χ0) is 82.4. The predicted molar refractivity (Wildman–Crippen MR) is 399 cm³/mol. The molecule has 2 saturated heterocycles. The zero-order valence-electron chi connectivity index (χ0n) is 63.1. The Labute approximate surface area is 654 Å². The van der Waals surface area contributed by atoms with Crippen LogP contribution in [0.15, 0.2) is 78.9 Å². The van der Waals surface area contributed by atoms with Gasteiger partial charge in [0.1, 0.15) is 89.5 Å². The fourth-order valence-electron chi connectivity index (χ4n) is 14.2. The minimum atomic E-state index is -2.34. The number of likely N-dealkylation sites (N-methyl/N-ethyl adjacent to an activating group) is 1. The Morgan fingerprint density at radius 1 is 0.726 bits per heavy atom. The van der Waals surface area contributed by atoms with E-state index in [-0.39, 0.29) is 52.5 Å². The number of aliphatic hydroxyl groups excluding tert-OH is 6. The number of benzene rings is 5. The predicted octanol–water partition coefficient (Wildman–Crippen LogP) is 2.89. The lowest BCUT2D eigenvalue weighted by Gasteiger charge is -2.47. The number of hydrogen-bond donors (Lipinski definition) is 19. The highest BCUT2D eigenvalue weighted by molar-refractivity contribution is 6.32. The largest absolute Gasteiger partial charge is 0.507 e. The van der Waals surface area contributed by atoms with Gasteiger partial charge in [-0.25, -0.2) is 9.59 Å². The van der Waals surface area contributed by atoms with Gasteiger partial charge in [-0.05, 0) is 136 Å². The third-order valence-electron chi connectivity index (χ3n) is 20.3. The van der Waals surface area contributed by atoms with Crippen molar-refractivity contribution in [1.29, 1.82) is 0 Å². The van der Waals surface area contributed by atoms with Gasteiger partial charge in [-0.3, -0.25) is 33.6 Å². The van der Waals surface area contributed by atoms with E-state index in [1.807, 2.05) is 13.8 Å². The molecule has 7 heterocycles. The second-order valence-corrected chi connectivity index (χ2v) is 30.1. The molecule has 113 heavy (non-hydrogen) atoms. The molecule has 0 radical (unpaired) electrons. The van der Waals surface area contributed by atoms with Crippen LogP contribution in [0.1, 0.15) is 163 Å². The van der Waals surface area contributed by atoms with E-state index in [1.165, 1.54) is 46.0 Å². The first kappa shape index (κ1) is 85.4. The molecule has 8 amide bonds. The fourth-order valence-corrected chi connectivity index (χ4v) is 14.4. The van der Waals surface area contributed by atoms with E-state index in [0.717, 1.165) is 92.8 Å². The molecule has 2 fully saturated rings. The van der Waals surface area contributed by atoms with Crippen LogP contribution in [0.25, 0.3) is 11.1 Å². The zero-order valence-corrected chi connectivity index (χ0v) is 63.9. The van der Waals surface area contributed by atoms with Crippen molar-refractivity contribution in [2.75, 3.05) is 13.7 Å². The van der Waals surface area contributed by atoms with E-state index in [9.17, 15) is 69.9 Å². The second kappa shape index (κ2) is 36.4. The number of phenols is 2. The molecule has 19 atom stereocenters. The Bertz CT molecular complexity index is 4400. The minimum absolute atomic E-state index is 0.0357. The van der Waals surface area contributed by atoms with Crippen LogP contribution in [-0.2, 0) is 52.6 Å². The number of carbonyl (C=O) groups is 9. The fraction of sp³-hybridized carbons (Fsp3) is 0.494. The number of aliphatic hydroxyl groups is 6. The lowest BCUT2D eigenvalue weighted by atomic mass is 9.86. The van der Waals surface area contributed by atoms with E-state index >= 15 is 19.2 Å². The molecule has 0 saturated carbocycles. The smallest absolute Gasteiger partial charge is 0.412 e. The van der Waals surface area contributed by atoms with Gasteiger partial charge in [0.15, 0.2) is 29.9 Å². The summed E-state index contributed by atoms with van der Waals surface area (Å²) in [5.74, 6) is -15.2. The molecule has 5 aromatic carbocycles. The number of rotatable bonds is 21. The Balaban J connectivity index is 1.20. The molecule has 11 bridgehead atoms. The Kier molecular flexibility index (Phi) is 27.5. The lowest BCUT2D eigenvalue weighted by molar-refractivity contribution is -0.333. The molecular formula is C77H97ClN10O25. The molecule has 5 aromatic rings. The van der Waals surface area contributed by atoms with E-state index < -0.39 is 243 Å². The number of carboxylic acid groups (broad SMARTS) is 1. The number of nitrogens with one attached hydrogen (secondary N) is 8. The van der Waals surface area contributed by atoms with Gasteiger partial charge >= 0.3 is 12.1 Å². The summed E-state index contributed by atoms with van der Waals surface area (Å²) >= 11 is 7.15. The van der Waals surface area contributed by atoms with Gasteiger partial charge in [0, 0.05) is 40.8 Å². The van der Waals surface area contributed by atoms with Gasteiger partial charge in [0.2, 0.25) is 53.4 Å². The highest BCUT2D eigenvalue weighted by Gasteiger charge is 2.52. The molecule has 0 spiro atoms. The number of phenolic OH excluding ortho intramolecular Hbond substituents is 2. The van der Waals surface area contributed by atoms with Crippen molar-refractivity contribution in [1.82, 2.24) is 42.5 Å². The van der Waals surface area contributed by atoms with Gasteiger partial charge in [0.25, 0.3) is 0 Å². The molecule has 12 rings (SSSR count). The number of aliphatic carboxylic acids is 1. The maximum Gasteiger partial charge on any atom is 0.412 e. The Morgan fingerprint density at radius 2 is 1.37 bits per heavy atom. The van der Waals surface area contributed by atoms with Crippen LogP contribution in [0, 0.1) is 12.8 Å². The first-order valence-electron chi connectivity index (χ1n) is 37.1. The minimum Gasteiger partial charge on any atom is -0.507 e. The molecule has 612 valence electrons. The average molecular weight is 1600 g/mol. The van der Waals surface area contributed by atoms with Gasteiger partial charge in [-0.1, -0.05) is 82.7 Å². The molecule has 0 aromatic heterocycles. The topological polar surface area (TPSA) is 549 Å². The van der Waals surface area contributed by atoms with Crippen molar-refractivity contribution < 1.29 is 122 Å². The maximum atomic E-state index is 16.3. The molecule has 0 aliphatic carbocycles. The number of fused-ring (bicyclic) bond motifs is 15. The number of amides is 8. The number of halogens is 1. The number of aromatic hydroxyl groups is 2. The highest BCUT2D eigenvalue weighted by atomic mass is 35.5. The number of unbranched alkanes of at least 4 members (excludes halogenated alkanes) is 4. The van der Waals surface area contributed by atoms with Crippen LogP contribution in [-0.4, -0.2) is 198 Å². The summed E-state index contributed by atoms with van der Waals surface area (Å²) in [6.45, 7) is 11.0. The van der Waals surface area contributed by atoms with E-state index in [2.05, 4.69) is 49.5 Å². The van der Waals surface area contributed by atoms with Gasteiger partial charge in [-0.15, -0.1) is 0 Å². The molecule has 35 nitrogen and oxygen atoms in total. The maximum absolute atomic E-state index is 16.3. The standard InChI is InChI=1S/C77H97ClN10O25/c1-9-10-11-12-13-14-34(5)82-76(106)108-40-27-42-55(47(91)28-40)41-23-36(15-18-46(41)90)56-70(100)88-60(73(103)86-58(42)74(104)105)62(94)38-17-20-49(43(78)24-38)110-51-26-39-25-50(65(51)113-75-66(64(96)63(95)52(31-89)111-75)112-54-30-77(7,80)67(97)35(6)107-54)109-48-19-16-37(22-33(48)4)61(93)59(87-68(98)44(81-8)21-32(2)3)72(102)83-45(29-53(79)92)69(99)84-57(39)71(101)85-56/h15-20,22-28,32,34-35,44-45,52,54,56-64,66-67,75,81,89-91,93-97H,9-14,21,29-31,80H2,1-8H3,(H2,79,92)(H,82,106)(H,83,102)(H,84,99)(H,85,101)(H,86,103)(H,87,98)(H,88,100)(H,104,105)/t34?,35-,44+,45-,52+,54-,56+,57+,58-,59+,60-,61+,62+,63+,64-,66+,67+,75-,77-/m0/s1. The van der Waals surface area contributed by atoms with Crippen molar-refractivity contribution in [2.24, 2.45) is 17.4 Å². The van der Waals surface area contributed by atoms with E-state index in [1.54, 1.807) is 6.92 Å². The van der Waals surface area contributed by atoms with Crippen LogP contribution in [0.5, 0.6) is 46.0 Å². The number of ether oxygens (including phenoxy) is 7. The lowest BCUT2D eigenvalue weighted by Crippen LogP contribution is -2.64. The number of primary amides is 1. The van der Waals surface area contributed by atoms with Gasteiger partial charge < -0.3 is 133 Å². The summed E-state index contributed by atoms with van der Waals surface area (Å²) in [5, 5.41) is 125.